The third kappa shape index (κ3) is 2.34. The van der Waals surface area contributed by atoms with Crippen LogP contribution in [0.2, 0.25) is 0 Å². The van der Waals surface area contributed by atoms with Crippen molar-refractivity contribution in [2.75, 3.05) is 24.5 Å². The maximum absolute atomic E-state index is 5.77. The Kier molecular flexibility index (Phi) is 3.54. The lowest BCUT2D eigenvalue weighted by molar-refractivity contribution is -0.00537. The van der Waals surface area contributed by atoms with Gasteiger partial charge in [0.1, 0.15) is 12.1 Å². The monoisotopic (exact) mass is 276 g/mol. The van der Waals surface area contributed by atoms with Crippen LogP contribution in [-0.2, 0) is 11.3 Å². The molecule has 0 unspecified atom stereocenters. The van der Waals surface area contributed by atoms with Crippen LogP contribution in [0.3, 0.4) is 0 Å². The molecule has 0 saturated carbocycles. The molecule has 2 N–H and O–H groups in total. The molecule has 0 aromatic carbocycles. The Morgan fingerprint density at radius 2 is 2.05 bits per heavy atom. The Morgan fingerprint density at radius 3 is 2.75 bits per heavy atom. The number of rotatable bonds is 3. The fourth-order valence-corrected chi connectivity index (χ4v) is 2.77. The second-order valence-corrected chi connectivity index (χ2v) is 5.25. The van der Waals surface area contributed by atoms with Crippen molar-refractivity contribution in [3.05, 3.63) is 12.5 Å². The minimum Gasteiger partial charge on any atom is -0.372 e. The minimum atomic E-state index is 0.197. The Morgan fingerprint density at radius 1 is 1.30 bits per heavy atom. The van der Waals surface area contributed by atoms with E-state index in [1.165, 1.54) is 0 Å². The maximum atomic E-state index is 5.77. The average molecular weight is 276 g/mol. The van der Waals surface area contributed by atoms with E-state index in [2.05, 4.69) is 33.8 Å². The van der Waals surface area contributed by atoms with Crippen LogP contribution in [-0.4, -0.2) is 51.6 Å². The topological polar surface area (TPSA) is 82.1 Å². The standard InChI is InChI=1S/C13H20N6O/c1-9-6-18(7-10(2)20-9)12-11-5-17-19(4-3-14)13(11)16-8-15-12/h5,8-10H,3-4,6-7,14H2,1-2H3/t9-,10+. The molecule has 0 bridgehead atoms. The van der Waals surface area contributed by atoms with Crippen molar-refractivity contribution in [1.82, 2.24) is 19.7 Å². The summed E-state index contributed by atoms with van der Waals surface area (Å²) < 4.78 is 7.60. The number of ether oxygens (including phenoxy) is 1. The van der Waals surface area contributed by atoms with Crippen molar-refractivity contribution in [2.45, 2.75) is 32.6 Å². The summed E-state index contributed by atoms with van der Waals surface area (Å²) in [6.45, 7) is 7.03. The first kappa shape index (κ1) is 13.3. The highest BCUT2D eigenvalue weighted by atomic mass is 16.5. The van der Waals surface area contributed by atoms with E-state index >= 15 is 0 Å². The summed E-state index contributed by atoms with van der Waals surface area (Å²) in [5, 5.41) is 5.33. The number of nitrogens with two attached hydrogens (primary N) is 1. The first-order valence-electron chi connectivity index (χ1n) is 6.96. The fourth-order valence-electron chi connectivity index (χ4n) is 2.77. The van der Waals surface area contributed by atoms with Gasteiger partial charge in [-0.25, -0.2) is 14.6 Å². The summed E-state index contributed by atoms with van der Waals surface area (Å²) in [6.07, 6.45) is 3.81. The summed E-state index contributed by atoms with van der Waals surface area (Å²) >= 11 is 0. The van der Waals surface area contributed by atoms with Gasteiger partial charge in [-0.05, 0) is 13.8 Å². The summed E-state index contributed by atoms with van der Waals surface area (Å²) in [4.78, 5) is 11.0. The van der Waals surface area contributed by atoms with Crippen LogP contribution >= 0.6 is 0 Å². The molecule has 0 radical (unpaired) electrons. The normalized spacial score (nSPS) is 23.4. The summed E-state index contributed by atoms with van der Waals surface area (Å²) in [7, 11) is 0. The average Bonchev–Trinajstić information content (AvgIpc) is 2.81. The third-order valence-corrected chi connectivity index (χ3v) is 3.47. The lowest BCUT2D eigenvalue weighted by atomic mass is 10.2. The second kappa shape index (κ2) is 5.34. The minimum absolute atomic E-state index is 0.197. The summed E-state index contributed by atoms with van der Waals surface area (Å²) in [5.74, 6) is 0.931. The van der Waals surface area contributed by atoms with Crippen LogP contribution in [0.1, 0.15) is 13.8 Å². The van der Waals surface area contributed by atoms with Gasteiger partial charge in [0.05, 0.1) is 30.3 Å². The third-order valence-electron chi connectivity index (χ3n) is 3.47. The van der Waals surface area contributed by atoms with Crippen LogP contribution in [0.15, 0.2) is 12.5 Å². The number of fused-ring (bicyclic) bond motifs is 1. The Hall–Kier alpha value is -1.73. The van der Waals surface area contributed by atoms with E-state index in [-0.39, 0.29) is 12.2 Å². The molecule has 1 saturated heterocycles. The fraction of sp³-hybridized carbons (Fsp3) is 0.615. The highest BCUT2D eigenvalue weighted by Crippen LogP contribution is 2.25. The van der Waals surface area contributed by atoms with Crippen LogP contribution in [0.4, 0.5) is 5.82 Å². The van der Waals surface area contributed by atoms with Crippen molar-refractivity contribution < 1.29 is 4.74 Å². The molecule has 20 heavy (non-hydrogen) atoms. The van der Waals surface area contributed by atoms with Gasteiger partial charge in [0.2, 0.25) is 0 Å². The first-order valence-corrected chi connectivity index (χ1v) is 6.96. The number of anilines is 1. The molecular formula is C13H20N6O. The zero-order valence-electron chi connectivity index (χ0n) is 11.9. The predicted octanol–water partition coefficient (Wildman–Crippen LogP) is 0.399. The van der Waals surface area contributed by atoms with Gasteiger partial charge >= 0.3 is 0 Å². The Labute approximate surface area is 117 Å². The SMILES string of the molecule is C[C@@H]1CN(c2ncnc3c2cnn3CCN)C[C@H](C)O1. The van der Waals surface area contributed by atoms with Gasteiger partial charge in [-0.3, -0.25) is 0 Å². The predicted molar refractivity (Wildman–Crippen MR) is 76.6 cm³/mol. The molecule has 1 aliphatic heterocycles. The number of hydrogen-bond donors (Lipinski definition) is 1. The first-order chi connectivity index (χ1) is 9.69. The molecule has 1 aliphatic rings. The van der Waals surface area contributed by atoms with Gasteiger partial charge in [-0.2, -0.15) is 5.10 Å². The van der Waals surface area contributed by atoms with Crippen molar-refractivity contribution in [1.29, 1.82) is 0 Å². The number of nitrogens with zero attached hydrogens (tertiary/aromatic N) is 5. The molecule has 108 valence electrons. The maximum Gasteiger partial charge on any atom is 0.163 e. The zero-order chi connectivity index (χ0) is 14.1. The van der Waals surface area contributed by atoms with Crippen LogP contribution in [0, 0.1) is 0 Å². The van der Waals surface area contributed by atoms with Gasteiger partial charge in [-0.1, -0.05) is 0 Å². The number of hydrogen-bond acceptors (Lipinski definition) is 6. The second-order valence-electron chi connectivity index (χ2n) is 5.25. The van der Waals surface area contributed by atoms with Gasteiger partial charge < -0.3 is 15.4 Å². The molecule has 0 amide bonds. The largest absolute Gasteiger partial charge is 0.372 e. The highest BCUT2D eigenvalue weighted by Gasteiger charge is 2.25. The number of aromatic nitrogens is 4. The zero-order valence-corrected chi connectivity index (χ0v) is 11.9. The highest BCUT2D eigenvalue weighted by molar-refractivity contribution is 5.86. The van der Waals surface area contributed by atoms with E-state index in [0.717, 1.165) is 29.9 Å². The molecule has 0 aliphatic carbocycles. The van der Waals surface area contributed by atoms with Crippen LogP contribution < -0.4 is 10.6 Å². The Balaban J connectivity index is 1.99. The molecule has 0 spiro atoms. The van der Waals surface area contributed by atoms with Gasteiger partial charge in [0.25, 0.3) is 0 Å². The van der Waals surface area contributed by atoms with Gasteiger partial charge in [0.15, 0.2) is 5.65 Å². The molecular weight excluding hydrogens is 256 g/mol. The van der Waals surface area contributed by atoms with Gasteiger partial charge in [-0.15, -0.1) is 0 Å². The molecule has 2 aromatic heterocycles. The van der Waals surface area contributed by atoms with Crippen molar-refractivity contribution >= 4 is 16.9 Å². The lowest BCUT2D eigenvalue weighted by Gasteiger charge is -2.36. The van der Waals surface area contributed by atoms with Crippen molar-refractivity contribution in [3.63, 3.8) is 0 Å². The van der Waals surface area contributed by atoms with E-state index in [4.69, 9.17) is 10.5 Å². The smallest absolute Gasteiger partial charge is 0.163 e. The molecule has 2 aromatic rings. The molecule has 2 atom stereocenters. The van der Waals surface area contributed by atoms with Crippen molar-refractivity contribution in [3.8, 4) is 0 Å². The van der Waals surface area contributed by atoms with E-state index in [0.29, 0.717) is 13.1 Å². The summed E-state index contributed by atoms with van der Waals surface area (Å²) in [5.41, 5.74) is 6.44. The van der Waals surface area contributed by atoms with Crippen molar-refractivity contribution in [2.24, 2.45) is 5.73 Å². The molecule has 3 heterocycles. The molecule has 7 nitrogen and oxygen atoms in total. The lowest BCUT2D eigenvalue weighted by Crippen LogP contribution is -2.45. The van der Waals surface area contributed by atoms with E-state index in [1.807, 2.05) is 10.9 Å². The molecule has 1 fully saturated rings. The van der Waals surface area contributed by atoms with Crippen LogP contribution in [0.25, 0.3) is 11.0 Å². The Bertz CT molecular complexity index is 588. The van der Waals surface area contributed by atoms with E-state index in [9.17, 15) is 0 Å². The molecule has 7 heteroatoms. The molecule has 3 rings (SSSR count). The summed E-state index contributed by atoms with van der Waals surface area (Å²) in [6, 6.07) is 0. The van der Waals surface area contributed by atoms with Crippen LogP contribution in [0.5, 0.6) is 0 Å². The van der Waals surface area contributed by atoms with E-state index in [1.54, 1.807) is 6.33 Å². The quantitative estimate of drug-likeness (QED) is 0.873. The number of morpholine rings is 1. The van der Waals surface area contributed by atoms with E-state index < -0.39 is 0 Å². The van der Waals surface area contributed by atoms with Gasteiger partial charge in [0, 0.05) is 19.6 Å².